The predicted molar refractivity (Wildman–Crippen MR) is 111 cm³/mol. The van der Waals surface area contributed by atoms with Crippen molar-refractivity contribution in [2.24, 2.45) is 5.73 Å². The van der Waals surface area contributed by atoms with Crippen molar-refractivity contribution in [2.45, 2.75) is 25.1 Å². The summed E-state index contributed by atoms with van der Waals surface area (Å²) in [6.07, 6.45) is -2.16. The third-order valence-corrected chi connectivity index (χ3v) is 5.06. The number of carbonyl (C=O) groups excluding carboxylic acids is 2. The molecule has 182 valence electrons. The fourth-order valence-electron chi connectivity index (χ4n) is 3.49. The Balaban J connectivity index is 1.77. The average Bonchev–Trinajstić information content (AvgIpc) is 3.07. The van der Waals surface area contributed by atoms with Gasteiger partial charge in [0, 0.05) is 18.0 Å². The van der Waals surface area contributed by atoms with E-state index in [4.69, 9.17) is 16.2 Å². The number of rotatable bonds is 7. The minimum atomic E-state index is -4.66. The molecular weight excluding hydrogens is 465 g/mol. The zero-order valence-electron chi connectivity index (χ0n) is 17.7. The Morgan fingerprint density at radius 2 is 2.00 bits per heavy atom. The average molecular weight is 485 g/mol. The lowest BCUT2D eigenvalue weighted by molar-refractivity contribution is -0.142. The van der Waals surface area contributed by atoms with Crippen molar-refractivity contribution in [1.82, 2.24) is 15.1 Å². The van der Waals surface area contributed by atoms with Gasteiger partial charge in [0.1, 0.15) is 35.3 Å². The number of nitrogens with one attached hydrogen (secondary N) is 1. The second-order valence-corrected chi connectivity index (χ2v) is 7.40. The summed E-state index contributed by atoms with van der Waals surface area (Å²) in [4.78, 5) is 24.2. The smallest absolute Gasteiger partial charge is 0.408 e. The Hall–Kier alpha value is -3.90. The van der Waals surface area contributed by atoms with E-state index >= 15 is 0 Å². The number of anilines is 1. The monoisotopic (exact) mass is 485 g/mol. The predicted octanol–water partition coefficient (Wildman–Crippen LogP) is 2.97. The van der Waals surface area contributed by atoms with Crippen LogP contribution in [0.5, 0.6) is 5.75 Å². The van der Waals surface area contributed by atoms with Crippen LogP contribution in [0.3, 0.4) is 0 Å². The zero-order valence-corrected chi connectivity index (χ0v) is 17.7. The Kier molecular flexibility index (Phi) is 6.93. The number of nitrogen functional groups attached to an aromatic ring is 1. The van der Waals surface area contributed by atoms with E-state index in [1.807, 2.05) is 0 Å². The quantitative estimate of drug-likeness (QED) is 0.520. The summed E-state index contributed by atoms with van der Waals surface area (Å²) in [6.45, 7) is -1.81. The summed E-state index contributed by atoms with van der Waals surface area (Å²) < 4.78 is 72.0. The number of carbonyl (C=O) groups is 2. The summed E-state index contributed by atoms with van der Waals surface area (Å²) in [5.41, 5.74) is 10.3. The molecule has 0 radical (unpaired) electrons. The minimum absolute atomic E-state index is 0.0463. The highest BCUT2D eigenvalue weighted by atomic mass is 19.4. The molecule has 0 saturated heterocycles. The molecule has 0 fully saturated rings. The van der Waals surface area contributed by atoms with Crippen LogP contribution in [-0.2, 0) is 6.54 Å². The second kappa shape index (κ2) is 9.53. The third-order valence-electron chi connectivity index (χ3n) is 5.06. The van der Waals surface area contributed by atoms with Gasteiger partial charge >= 0.3 is 6.18 Å². The molecule has 2 amide bonds. The third kappa shape index (κ3) is 5.35. The number of hydrogen-bond donors (Lipinski definition) is 3. The number of halogens is 5. The number of amides is 2. The normalized spacial score (nSPS) is 16.0. The van der Waals surface area contributed by atoms with Crippen LogP contribution in [0, 0.1) is 5.82 Å². The molecule has 1 aromatic carbocycles. The van der Waals surface area contributed by atoms with Crippen LogP contribution >= 0.6 is 0 Å². The highest BCUT2D eigenvalue weighted by molar-refractivity contribution is 5.99. The first kappa shape index (κ1) is 24.7. The fraction of sp³-hybridized carbons (Fsp3) is 0.286. The molecule has 1 atom stereocenters. The van der Waals surface area contributed by atoms with Crippen molar-refractivity contribution in [3.8, 4) is 5.75 Å². The molecule has 1 aliphatic rings. The van der Waals surface area contributed by atoms with Crippen molar-refractivity contribution >= 4 is 17.6 Å². The summed E-state index contributed by atoms with van der Waals surface area (Å²) in [5, 5.41) is 6.20. The Labute approximate surface area is 190 Å². The molecule has 34 heavy (non-hydrogen) atoms. The van der Waals surface area contributed by atoms with Crippen LogP contribution in [0.2, 0.25) is 0 Å². The zero-order chi connectivity index (χ0) is 25.2. The highest BCUT2D eigenvalue weighted by Gasteiger charge is 2.33. The molecule has 0 spiro atoms. The van der Waals surface area contributed by atoms with Crippen LogP contribution in [0.15, 0.2) is 41.8 Å². The van der Waals surface area contributed by atoms with Crippen molar-refractivity contribution in [2.75, 3.05) is 19.4 Å². The van der Waals surface area contributed by atoms with Crippen molar-refractivity contribution in [3.63, 3.8) is 0 Å². The number of benzene rings is 1. The standard InChI is InChI=1S/C21H20F5N5O3/c1-34-15-5-4-12(22)7-13(15)20(33)29-8-11-3-2-10(6-14(11)23)17-16(19(28)32)18(27)31(30-17)9-21(24,25)26/h3-7,10H,2,8-9,27H2,1H3,(H2,28,32)(H,29,33). The molecule has 1 aliphatic carbocycles. The van der Waals surface area contributed by atoms with Gasteiger partial charge in [-0.25, -0.2) is 13.5 Å². The fourth-order valence-corrected chi connectivity index (χ4v) is 3.49. The van der Waals surface area contributed by atoms with Crippen LogP contribution in [-0.4, -0.2) is 41.4 Å². The van der Waals surface area contributed by atoms with Gasteiger partial charge in [0.2, 0.25) is 0 Å². The van der Waals surface area contributed by atoms with Gasteiger partial charge in [0.05, 0.1) is 18.4 Å². The van der Waals surface area contributed by atoms with Crippen molar-refractivity contribution in [1.29, 1.82) is 0 Å². The first-order valence-corrected chi connectivity index (χ1v) is 9.82. The first-order chi connectivity index (χ1) is 15.9. The number of ether oxygens (including phenoxy) is 1. The van der Waals surface area contributed by atoms with Crippen molar-refractivity contribution < 1.29 is 36.3 Å². The number of primary amides is 1. The molecule has 3 rings (SSSR count). The number of hydrogen-bond acceptors (Lipinski definition) is 5. The second-order valence-electron chi connectivity index (χ2n) is 7.40. The van der Waals surface area contributed by atoms with Crippen molar-refractivity contribution in [3.05, 3.63) is 64.4 Å². The van der Waals surface area contributed by atoms with E-state index in [0.717, 1.165) is 18.2 Å². The summed E-state index contributed by atoms with van der Waals surface area (Å²) >= 11 is 0. The van der Waals surface area contributed by atoms with Gasteiger partial charge < -0.3 is 21.5 Å². The SMILES string of the molecule is COc1ccc(F)cc1C(=O)NCC1=CCC(c2nn(CC(F)(F)F)c(N)c2C(N)=O)C=C1F. The maximum Gasteiger partial charge on any atom is 0.408 e. The maximum atomic E-state index is 14.8. The van der Waals surface area contributed by atoms with Gasteiger partial charge in [-0.2, -0.15) is 18.3 Å². The van der Waals surface area contributed by atoms with E-state index in [2.05, 4.69) is 10.4 Å². The van der Waals surface area contributed by atoms with Crippen LogP contribution in [0.1, 0.15) is 38.7 Å². The number of nitrogens with two attached hydrogens (primary N) is 2. The summed E-state index contributed by atoms with van der Waals surface area (Å²) in [5.74, 6) is -4.61. The molecule has 0 saturated carbocycles. The van der Waals surface area contributed by atoms with Crippen LogP contribution in [0.25, 0.3) is 0 Å². The number of nitrogens with zero attached hydrogens (tertiary/aromatic N) is 2. The maximum absolute atomic E-state index is 14.8. The van der Waals surface area contributed by atoms with Gasteiger partial charge in [-0.3, -0.25) is 9.59 Å². The van der Waals surface area contributed by atoms with Gasteiger partial charge in [-0.15, -0.1) is 0 Å². The molecule has 0 bridgehead atoms. The lowest BCUT2D eigenvalue weighted by Gasteiger charge is -2.18. The Bertz CT molecular complexity index is 1190. The van der Waals surface area contributed by atoms with E-state index in [-0.39, 0.29) is 35.5 Å². The highest BCUT2D eigenvalue weighted by Crippen LogP contribution is 2.35. The lowest BCUT2D eigenvalue weighted by atomic mass is 9.91. The number of alkyl halides is 3. The first-order valence-electron chi connectivity index (χ1n) is 9.82. The molecule has 13 heteroatoms. The molecular formula is C21H20F5N5O3. The molecule has 1 heterocycles. The number of methoxy groups -OCH3 is 1. The molecule has 2 aromatic rings. The van der Waals surface area contributed by atoms with E-state index in [0.29, 0.717) is 4.68 Å². The lowest BCUT2D eigenvalue weighted by Crippen LogP contribution is -2.27. The van der Waals surface area contributed by atoms with Gasteiger partial charge in [-0.05, 0) is 30.7 Å². The molecule has 5 N–H and O–H groups in total. The van der Waals surface area contributed by atoms with Crippen LogP contribution < -0.4 is 21.5 Å². The van der Waals surface area contributed by atoms with E-state index in [1.54, 1.807) is 0 Å². The Morgan fingerprint density at radius 3 is 2.59 bits per heavy atom. The van der Waals surface area contributed by atoms with Gasteiger partial charge in [0.25, 0.3) is 11.8 Å². The summed E-state index contributed by atoms with van der Waals surface area (Å²) in [7, 11) is 1.30. The molecule has 0 aliphatic heterocycles. The minimum Gasteiger partial charge on any atom is -0.496 e. The van der Waals surface area contributed by atoms with Crippen LogP contribution in [0.4, 0.5) is 27.8 Å². The molecule has 1 unspecified atom stereocenters. The Morgan fingerprint density at radius 1 is 1.29 bits per heavy atom. The number of aromatic nitrogens is 2. The van der Waals surface area contributed by atoms with Gasteiger partial charge in [0.15, 0.2) is 0 Å². The van der Waals surface area contributed by atoms with E-state index < -0.39 is 53.5 Å². The topological polar surface area (TPSA) is 125 Å². The molecule has 8 nitrogen and oxygen atoms in total. The van der Waals surface area contributed by atoms with Gasteiger partial charge in [-0.1, -0.05) is 6.08 Å². The molecule has 1 aromatic heterocycles. The van der Waals surface area contributed by atoms with E-state index in [9.17, 15) is 31.5 Å². The number of allylic oxidation sites excluding steroid dienone is 2. The largest absolute Gasteiger partial charge is 0.496 e. The summed E-state index contributed by atoms with van der Waals surface area (Å²) in [6, 6.07) is 3.36. The van der Waals surface area contributed by atoms with E-state index in [1.165, 1.54) is 19.3 Å².